The molecule has 0 fully saturated rings. The SMILES string of the molecule is CCC1(NS(=O)(=O)C(C)C)C=CC(c2ccsc2)=CC1. The summed E-state index contributed by atoms with van der Waals surface area (Å²) in [5, 5.41) is 3.74. The third-order valence-corrected chi connectivity index (χ3v) is 6.34. The van der Waals surface area contributed by atoms with E-state index in [0.29, 0.717) is 6.42 Å². The molecule has 3 nitrogen and oxygen atoms in total. The highest BCUT2D eigenvalue weighted by molar-refractivity contribution is 7.90. The minimum Gasteiger partial charge on any atom is -0.212 e. The van der Waals surface area contributed by atoms with Crippen molar-refractivity contribution >= 4 is 26.9 Å². The molecule has 20 heavy (non-hydrogen) atoms. The lowest BCUT2D eigenvalue weighted by Crippen LogP contribution is -2.49. The second kappa shape index (κ2) is 5.84. The molecule has 1 unspecified atom stereocenters. The Balaban J connectivity index is 2.19. The number of hydrogen-bond donors (Lipinski definition) is 1. The highest BCUT2D eigenvalue weighted by Gasteiger charge is 2.32. The topological polar surface area (TPSA) is 46.2 Å². The number of hydrogen-bond acceptors (Lipinski definition) is 3. The average molecular weight is 311 g/mol. The summed E-state index contributed by atoms with van der Waals surface area (Å²) in [5.74, 6) is 0. The van der Waals surface area contributed by atoms with Gasteiger partial charge in [0.05, 0.1) is 10.8 Å². The Morgan fingerprint density at radius 3 is 2.65 bits per heavy atom. The van der Waals surface area contributed by atoms with E-state index in [9.17, 15) is 8.42 Å². The van der Waals surface area contributed by atoms with Crippen molar-refractivity contribution in [3.63, 3.8) is 0 Å². The second-order valence-electron chi connectivity index (χ2n) is 5.41. The van der Waals surface area contributed by atoms with Gasteiger partial charge in [-0.15, -0.1) is 0 Å². The fourth-order valence-electron chi connectivity index (χ4n) is 2.13. The van der Waals surface area contributed by atoms with Crippen molar-refractivity contribution in [3.8, 4) is 0 Å². The molecule has 1 heterocycles. The van der Waals surface area contributed by atoms with Gasteiger partial charge in [0.25, 0.3) is 0 Å². The molecule has 2 rings (SSSR count). The van der Waals surface area contributed by atoms with E-state index in [2.05, 4.69) is 22.2 Å². The lowest BCUT2D eigenvalue weighted by atomic mass is 9.86. The third-order valence-electron chi connectivity index (χ3n) is 3.72. The van der Waals surface area contributed by atoms with Gasteiger partial charge in [0.2, 0.25) is 10.0 Å². The van der Waals surface area contributed by atoms with Gasteiger partial charge in [-0.25, -0.2) is 13.1 Å². The van der Waals surface area contributed by atoms with E-state index in [1.165, 1.54) is 11.1 Å². The monoisotopic (exact) mass is 311 g/mol. The quantitative estimate of drug-likeness (QED) is 0.903. The highest BCUT2D eigenvalue weighted by Crippen LogP contribution is 2.30. The molecular weight excluding hydrogens is 290 g/mol. The van der Waals surface area contributed by atoms with Gasteiger partial charge < -0.3 is 0 Å². The van der Waals surface area contributed by atoms with Crippen LogP contribution in [0, 0.1) is 0 Å². The minimum absolute atomic E-state index is 0.415. The van der Waals surface area contributed by atoms with E-state index in [4.69, 9.17) is 0 Å². The summed E-state index contributed by atoms with van der Waals surface area (Å²) in [6.07, 6.45) is 7.58. The summed E-state index contributed by atoms with van der Waals surface area (Å²) in [4.78, 5) is 0. The van der Waals surface area contributed by atoms with E-state index >= 15 is 0 Å². The number of allylic oxidation sites excluding steroid dienone is 2. The Bertz CT molecular complexity index is 612. The fraction of sp³-hybridized carbons (Fsp3) is 0.467. The van der Waals surface area contributed by atoms with Crippen LogP contribution in [0.25, 0.3) is 5.57 Å². The first-order valence-corrected chi connectivity index (χ1v) is 9.32. The van der Waals surface area contributed by atoms with Gasteiger partial charge in [0.15, 0.2) is 0 Å². The number of thiophene rings is 1. The van der Waals surface area contributed by atoms with Gasteiger partial charge in [-0.1, -0.05) is 25.2 Å². The fourth-order valence-corrected chi connectivity index (χ4v) is 3.89. The second-order valence-corrected chi connectivity index (χ2v) is 8.43. The molecule has 1 aliphatic rings. The van der Waals surface area contributed by atoms with Crippen molar-refractivity contribution in [1.82, 2.24) is 4.72 Å². The Morgan fingerprint density at radius 1 is 1.45 bits per heavy atom. The molecule has 1 aromatic rings. The Morgan fingerprint density at radius 2 is 2.20 bits per heavy atom. The van der Waals surface area contributed by atoms with Crippen LogP contribution in [0.15, 0.2) is 35.1 Å². The van der Waals surface area contributed by atoms with E-state index in [0.717, 1.165) is 6.42 Å². The maximum absolute atomic E-state index is 12.1. The van der Waals surface area contributed by atoms with E-state index < -0.39 is 20.8 Å². The van der Waals surface area contributed by atoms with Crippen LogP contribution in [-0.2, 0) is 10.0 Å². The smallest absolute Gasteiger partial charge is 0.212 e. The molecule has 0 amide bonds. The van der Waals surface area contributed by atoms with E-state index in [1.807, 2.05) is 24.5 Å². The van der Waals surface area contributed by atoms with Crippen LogP contribution in [0.3, 0.4) is 0 Å². The number of rotatable bonds is 5. The lowest BCUT2D eigenvalue weighted by Gasteiger charge is -2.32. The Labute approximate surface area is 125 Å². The van der Waals surface area contributed by atoms with Crippen molar-refractivity contribution in [2.75, 3.05) is 0 Å². The van der Waals surface area contributed by atoms with Crippen molar-refractivity contribution in [2.24, 2.45) is 0 Å². The summed E-state index contributed by atoms with van der Waals surface area (Å²) in [5.41, 5.74) is 1.88. The summed E-state index contributed by atoms with van der Waals surface area (Å²) in [7, 11) is -3.27. The largest absolute Gasteiger partial charge is 0.214 e. The van der Waals surface area contributed by atoms with E-state index in [1.54, 1.807) is 25.2 Å². The third kappa shape index (κ3) is 3.22. The van der Waals surface area contributed by atoms with Crippen LogP contribution in [0.4, 0.5) is 0 Å². The maximum atomic E-state index is 12.1. The molecule has 0 radical (unpaired) electrons. The molecule has 0 bridgehead atoms. The van der Waals surface area contributed by atoms with Crippen LogP contribution in [0.1, 0.15) is 39.2 Å². The number of nitrogens with one attached hydrogen (secondary N) is 1. The predicted molar refractivity (Wildman–Crippen MR) is 86.3 cm³/mol. The molecule has 5 heteroatoms. The Hall–Kier alpha value is -0.910. The summed E-state index contributed by atoms with van der Waals surface area (Å²) in [6, 6.07) is 2.08. The van der Waals surface area contributed by atoms with Gasteiger partial charge in [-0.3, -0.25) is 0 Å². The first-order valence-electron chi connectivity index (χ1n) is 6.83. The summed E-state index contributed by atoms with van der Waals surface area (Å²) < 4.78 is 27.1. The summed E-state index contributed by atoms with van der Waals surface area (Å²) in [6.45, 7) is 5.41. The molecular formula is C15H21NO2S2. The van der Waals surface area contributed by atoms with Crippen LogP contribution in [0.2, 0.25) is 0 Å². The standard InChI is InChI=1S/C15H21NO2S2/c1-4-15(16-20(17,18)12(2)3)8-5-13(6-9-15)14-7-10-19-11-14/h5-8,10-12,16H,4,9H2,1-3H3. The molecule has 0 aliphatic heterocycles. The zero-order chi connectivity index (χ0) is 14.8. The molecule has 110 valence electrons. The molecule has 0 aromatic carbocycles. The predicted octanol–water partition coefficient (Wildman–Crippen LogP) is 3.57. The highest BCUT2D eigenvalue weighted by atomic mass is 32.2. The first kappa shape index (κ1) is 15.5. The van der Waals surface area contributed by atoms with Crippen LogP contribution in [-0.4, -0.2) is 19.2 Å². The maximum Gasteiger partial charge on any atom is 0.214 e. The van der Waals surface area contributed by atoms with E-state index in [-0.39, 0.29) is 0 Å². The molecule has 1 atom stereocenters. The number of sulfonamides is 1. The molecule has 0 spiro atoms. The van der Waals surface area contributed by atoms with Crippen molar-refractivity contribution in [2.45, 2.75) is 44.4 Å². The van der Waals surface area contributed by atoms with Crippen LogP contribution >= 0.6 is 11.3 Å². The normalized spacial score (nSPS) is 23.1. The lowest BCUT2D eigenvalue weighted by molar-refractivity contribution is 0.448. The van der Waals surface area contributed by atoms with Gasteiger partial charge in [-0.05, 0) is 54.7 Å². The average Bonchev–Trinajstić information content (AvgIpc) is 2.93. The van der Waals surface area contributed by atoms with Crippen molar-refractivity contribution < 1.29 is 8.42 Å². The van der Waals surface area contributed by atoms with Gasteiger partial charge in [0.1, 0.15) is 0 Å². The van der Waals surface area contributed by atoms with Crippen LogP contribution in [0.5, 0.6) is 0 Å². The van der Waals surface area contributed by atoms with Gasteiger partial charge in [-0.2, -0.15) is 11.3 Å². The van der Waals surface area contributed by atoms with Crippen molar-refractivity contribution in [3.05, 3.63) is 40.6 Å². The van der Waals surface area contributed by atoms with Gasteiger partial charge in [0, 0.05) is 0 Å². The zero-order valence-electron chi connectivity index (χ0n) is 12.1. The molecule has 1 N–H and O–H groups in total. The molecule has 1 aromatic heterocycles. The molecule has 1 aliphatic carbocycles. The molecule has 0 saturated carbocycles. The van der Waals surface area contributed by atoms with Crippen molar-refractivity contribution in [1.29, 1.82) is 0 Å². The Kier molecular flexibility index (Phi) is 4.52. The molecule has 0 saturated heterocycles. The van der Waals surface area contributed by atoms with Gasteiger partial charge >= 0.3 is 0 Å². The summed E-state index contributed by atoms with van der Waals surface area (Å²) >= 11 is 1.67. The van der Waals surface area contributed by atoms with Crippen LogP contribution < -0.4 is 4.72 Å². The zero-order valence-corrected chi connectivity index (χ0v) is 13.7. The first-order chi connectivity index (χ1) is 9.38. The minimum atomic E-state index is -3.27.